The maximum atomic E-state index is 6.24. The highest BCUT2D eigenvalue weighted by Crippen LogP contribution is 2.29. The molecule has 0 bridgehead atoms. The van der Waals surface area contributed by atoms with Gasteiger partial charge >= 0.3 is 0 Å². The molecule has 1 rings (SSSR count). The number of hydrogen-bond donors (Lipinski definition) is 1. The highest BCUT2D eigenvalue weighted by atomic mass is 35.5. The van der Waals surface area contributed by atoms with E-state index in [9.17, 15) is 0 Å². The predicted octanol–water partition coefficient (Wildman–Crippen LogP) is 2.99. The van der Waals surface area contributed by atoms with Crippen LogP contribution in [-0.2, 0) is 6.54 Å². The van der Waals surface area contributed by atoms with Crippen molar-refractivity contribution in [3.63, 3.8) is 0 Å². The molecule has 4 heteroatoms. The van der Waals surface area contributed by atoms with Crippen molar-refractivity contribution in [2.45, 2.75) is 46.2 Å². The lowest BCUT2D eigenvalue weighted by Gasteiger charge is -2.22. The molecule has 0 spiro atoms. The Balaban J connectivity index is 2.97. The SMILES string of the molecule is CCC(CC)C(N)c1c(Cl)cnn1CC. The summed E-state index contributed by atoms with van der Waals surface area (Å²) in [5.74, 6) is 0.476. The molecule has 0 radical (unpaired) electrons. The molecular formula is C11H20ClN3. The number of nitrogens with two attached hydrogens (primary N) is 1. The Labute approximate surface area is 96.6 Å². The molecule has 0 aromatic carbocycles. The van der Waals surface area contributed by atoms with Crippen LogP contribution >= 0.6 is 11.6 Å². The number of hydrogen-bond acceptors (Lipinski definition) is 2. The Kier molecular flexibility index (Phi) is 4.61. The molecular weight excluding hydrogens is 210 g/mol. The van der Waals surface area contributed by atoms with Crippen molar-refractivity contribution in [3.8, 4) is 0 Å². The first-order valence-electron chi connectivity index (χ1n) is 5.62. The monoisotopic (exact) mass is 229 g/mol. The second kappa shape index (κ2) is 5.52. The van der Waals surface area contributed by atoms with Gasteiger partial charge in [0.25, 0.3) is 0 Å². The van der Waals surface area contributed by atoms with E-state index < -0.39 is 0 Å². The van der Waals surface area contributed by atoms with Crippen molar-refractivity contribution >= 4 is 11.6 Å². The van der Waals surface area contributed by atoms with E-state index in [1.807, 2.05) is 11.6 Å². The molecule has 0 aliphatic rings. The fourth-order valence-electron chi connectivity index (χ4n) is 1.98. The lowest BCUT2D eigenvalue weighted by atomic mass is 9.92. The summed E-state index contributed by atoms with van der Waals surface area (Å²) in [6, 6.07) is -0.00468. The van der Waals surface area contributed by atoms with Crippen LogP contribution in [0.2, 0.25) is 5.02 Å². The fraction of sp³-hybridized carbons (Fsp3) is 0.727. The molecule has 1 unspecified atom stereocenters. The van der Waals surface area contributed by atoms with Gasteiger partial charge in [0, 0.05) is 6.54 Å². The normalized spacial score (nSPS) is 13.5. The number of halogens is 1. The van der Waals surface area contributed by atoms with Crippen LogP contribution in [0.3, 0.4) is 0 Å². The number of rotatable bonds is 5. The summed E-state index contributed by atoms with van der Waals surface area (Å²) < 4.78 is 1.89. The molecule has 2 N–H and O–H groups in total. The first-order valence-corrected chi connectivity index (χ1v) is 6.00. The molecule has 1 atom stereocenters. The quantitative estimate of drug-likeness (QED) is 0.844. The smallest absolute Gasteiger partial charge is 0.0834 e. The summed E-state index contributed by atoms with van der Waals surface area (Å²) in [5.41, 5.74) is 7.22. The molecule has 86 valence electrons. The highest BCUT2D eigenvalue weighted by molar-refractivity contribution is 6.31. The fourth-order valence-corrected chi connectivity index (χ4v) is 2.24. The van der Waals surface area contributed by atoms with Crippen LogP contribution < -0.4 is 5.73 Å². The van der Waals surface area contributed by atoms with Crippen LogP contribution in [0.4, 0.5) is 0 Å². The van der Waals surface area contributed by atoms with Gasteiger partial charge in [-0.15, -0.1) is 0 Å². The molecule has 0 aliphatic carbocycles. The summed E-state index contributed by atoms with van der Waals surface area (Å²) in [5, 5.41) is 4.90. The van der Waals surface area contributed by atoms with E-state index >= 15 is 0 Å². The molecule has 1 aromatic rings. The van der Waals surface area contributed by atoms with E-state index in [-0.39, 0.29) is 6.04 Å². The lowest BCUT2D eigenvalue weighted by Crippen LogP contribution is -2.24. The van der Waals surface area contributed by atoms with E-state index in [4.69, 9.17) is 17.3 Å². The zero-order chi connectivity index (χ0) is 11.4. The molecule has 15 heavy (non-hydrogen) atoms. The van der Waals surface area contributed by atoms with Gasteiger partial charge in [-0.05, 0) is 12.8 Å². The molecule has 0 saturated heterocycles. The minimum atomic E-state index is -0.00468. The van der Waals surface area contributed by atoms with Gasteiger partial charge in [0.05, 0.1) is 23.0 Å². The van der Waals surface area contributed by atoms with Crippen molar-refractivity contribution < 1.29 is 0 Å². The molecule has 1 aromatic heterocycles. The molecule has 0 fully saturated rings. The van der Waals surface area contributed by atoms with Crippen LogP contribution in [0.15, 0.2) is 6.20 Å². The van der Waals surface area contributed by atoms with Crippen LogP contribution in [0.1, 0.15) is 45.3 Å². The standard InChI is InChI=1S/C11H20ClN3/c1-4-8(5-2)10(13)11-9(12)7-14-15(11)6-3/h7-8,10H,4-6,13H2,1-3H3. The van der Waals surface area contributed by atoms with E-state index in [1.165, 1.54) is 0 Å². The average molecular weight is 230 g/mol. The molecule has 1 heterocycles. The minimum Gasteiger partial charge on any atom is -0.322 e. The van der Waals surface area contributed by atoms with E-state index in [0.717, 1.165) is 25.1 Å². The Bertz CT molecular complexity index is 305. The van der Waals surface area contributed by atoms with Crippen LogP contribution in [0, 0.1) is 5.92 Å². The van der Waals surface area contributed by atoms with Gasteiger partial charge in [0.15, 0.2) is 0 Å². The molecule has 3 nitrogen and oxygen atoms in total. The zero-order valence-electron chi connectivity index (χ0n) is 9.70. The first kappa shape index (κ1) is 12.5. The van der Waals surface area contributed by atoms with Gasteiger partial charge in [-0.1, -0.05) is 38.3 Å². The summed E-state index contributed by atoms with van der Waals surface area (Å²) in [4.78, 5) is 0. The predicted molar refractivity (Wildman–Crippen MR) is 63.9 cm³/mol. The van der Waals surface area contributed by atoms with Crippen LogP contribution in [0.25, 0.3) is 0 Å². The Morgan fingerprint density at radius 3 is 2.47 bits per heavy atom. The average Bonchev–Trinajstić information content (AvgIpc) is 2.61. The Morgan fingerprint density at radius 2 is 2.00 bits per heavy atom. The molecule has 0 aliphatic heterocycles. The maximum Gasteiger partial charge on any atom is 0.0834 e. The Hall–Kier alpha value is -0.540. The second-order valence-corrected chi connectivity index (χ2v) is 4.20. The van der Waals surface area contributed by atoms with Gasteiger partial charge in [0.2, 0.25) is 0 Å². The topological polar surface area (TPSA) is 43.8 Å². The summed E-state index contributed by atoms with van der Waals surface area (Å²) in [6.45, 7) is 7.19. The van der Waals surface area contributed by atoms with Gasteiger partial charge in [-0.25, -0.2) is 0 Å². The summed E-state index contributed by atoms with van der Waals surface area (Å²) in [7, 11) is 0. The van der Waals surface area contributed by atoms with Gasteiger partial charge in [-0.2, -0.15) is 5.10 Å². The van der Waals surface area contributed by atoms with E-state index in [2.05, 4.69) is 18.9 Å². The summed E-state index contributed by atoms with van der Waals surface area (Å²) in [6.07, 6.45) is 3.83. The third kappa shape index (κ3) is 2.52. The van der Waals surface area contributed by atoms with Crippen LogP contribution in [-0.4, -0.2) is 9.78 Å². The van der Waals surface area contributed by atoms with Gasteiger partial charge < -0.3 is 5.73 Å². The number of nitrogens with zero attached hydrogens (tertiary/aromatic N) is 2. The number of aromatic nitrogens is 2. The van der Waals surface area contributed by atoms with Crippen molar-refractivity contribution in [1.82, 2.24) is 9.78 Å². The van der Waals surface area contributed by atoms with Gasteiger partial charge in [-0.3, -0.25) is 4.68 Å². The highest BCUT2D eigenvalue weighted by Gasteiger charge is 2.22. The van der Waals surface area contributed by atoms with Gasteiger partial charge in [0.1, 0.15) is 0 Å². The zero-order valence-corrected chi connectivity index (χ0v) is 10.5. The summed E-state index contributed by atoms with van der Waals surface area (Å²) >= 11 is 6.11. The maximum absolute atomic E-state index is 6.24. The minimum absolute atomic E-state index is 0.00468. The third-order valence-electron chi connectivity index (χ3n) is 3.01. The van der Waals surface area contributed by atoms with Crippen LogP contribution in [0.5, 0.6) is 0 Å². The lowest BCUT2D eigenvalue weighted by molar-refractivity contribution is 0.383. The second-order valence-electron chi connectivity index (χ2n) is 3.80. The van der Waals surface area contributed by atoms with Crippen molar-refractivity contribution in [3.05, 3.63) is 16.9 Å². The molecule has 0 amide bonds. The molecule has 0 saturated carbocycles. The van der Waals surface area contributed by atoms with E-state index in [1.54, 1.807) is 6.20 Å². The van der Waals surface area contributed by atoms with Crippen molar-refractivity contribution in [2.24, 2.45) is 11.7 Å². The Morgan fingerprint density at radius 1 is 1.40 bits per heavy atom. The van der Waals surface area contributed by atoms with E-state index in [0.29, 0.717) is 10.9 Å². The largest absolute Gasteiger partial charge is 0.322 e. The van der Waals surface area contributed by atoms with Crippen molar-refractivity contribution in [2.75, 3.05) is 0 Å². The first-order chi connectivity index (χ1) is 7.15. The number of aryl methyl sites for hydroxylation is 1. The third-order valence-corrected chi connectivity index (χ3v) is 3.30. The van der Waals surface area contributed by atoms with Crippen molar-refractivity contribution in [1.29, 1.82) is 0 Å².